The monoisotopic (exact) mass is 325 g/mol. The van der Waals surface area contributed by atoms with Gasteiger partial charge in [0.2, 0.25) is 0 Å². The molecule has 4 nitrogen and oxygen atoms in total. The van der Waals surface area contributed by atoms with Crippen LogP contribution in [-0.2, 0) is 6.42 Å². The first-order valence-electron chi connectivity index (χ1n) is 6.68. The lowest BCUT2D eigenvalue weighted by Crippen LogP contribution is -2.40. The van der Waals surface area contributed by atoms with Crippen molar-refractivity contribution in [1.29, 1.82) is 0 Å². The lowest BCUT2D eigenvalue weighted by atomic mass is 10.1. The van der Waals surface area contributed by atoms with E-state index < -0.39 is 12.5 Å². The molecule has 0 unspecified atom stereocenters. The SMILES string of the molecule is FC(F)C(F)(F)On1nc2ccncc2c1Cc1ccccc1. The fourth-order valence-electron chi connectivity index (χ4n) is 2.14. The van der Waals surface area contributed by atoms with Gasteiger partial charge in [0.25, 0.3) is 0 Å². The van der Waals surface area contributed by atoms with Gasteiger partial charge < -0.3 is 4.84 Å². The van der Waals surface area contributed by atoms with Crippen LogP contribution < -0.4 is 4.84 Å². The molecule has 0 aliphatic carbocycles. The quantitative estimate of drug-likeness (QED) is 0.676. The summed E-state index contributed by atoms with van der Waals surface area (Å²) in [6.07, 6.45) is -5.56. The molecule has 0 aliphatic heterocycles. The fourth-order valence-corrected chi connectivity index (χ4v) is 2.14. The lowest BCUT2D eigenvalue weighted by Gasteiger charge is -2.17. The van der Waals surface area contributed by atoms with E-state index in [9.17, 15) is 17.6 Å². The highest BCUT2D eigenvalue weighted by molar-refractivity contribution is 5.80. The molecule has 2 heterocycles. The lowest BCUT2D eigenvalue weighted by molar-refractivity contribution is -0.305. The van der Waals surface area contributed by atoms with Crippen molar-refractivity contribution in [1.82, 2.24) is 14.9 Å². The van der Waals surface area contributed by atoms with E-state index in [1.54, 1.807) is 24.3 Å². The molecule has 3 aromatic rings. The van der Waals surface area contributed by atoms with Crippen molar-refractivity contribution in [2.75, 3.05) is 0 Å². The number of hydrogen-bond acceptors (Lipinski definition) is 3. The molecule has 0 saturated carbocycles. The third-order valence-corrected chi connectivity index (χ3v) is 3.22. The van der Waals surface area contributed by atoms with Crippen LogP contribution in [0.4, 0.5) is 17.6 Å². The molecule has 2 aromatic heterocycles. The Hall–Kier alpha value is -2.64. The van der Waals surface area contributed by atoms with Crippen LogP contribution in [0.1, 0.15) is 11.3 Å². The smallest absolute Gasteiger partial charge is 0.318 e. The highest BCUT2D eigenvalue weighted by Crippen LogP contribution is 2.25. The zero-order valence-electron chi connectivity index (χ0n) is 11.7. The van der Waals surface area contributed by atoms with Crippen molar-refractivity contribution >= 4 is 10.9 Å². The Bertz CT molecular complexity index is 805. The summed E-state index contributed by atoms with van der Waals surface area (Å²) in [4.78, 5) is 8.53. The predicted octanol–water partition coefficient (Wildman–Crippen LogP) is 3.31. The second kappa shape index (κ2) is 5.86. The van der Waals surface area contributed by atoms with E-state index in [4.69, 9.17) is 0 Å². The van der Waals surface area contributed by atoms with Gasteiger partial charge in [0, 0.05) is 24.2 Å². The van der Waals surface area contributed by atoms with Gasteiger partial charge in [-0.1, -0.05) is 35.2 Å². The van der Waals surface area contributed by atoms with Gasteiger partial charge in [-0.2, -0.15) is 17.6 Å². The zero-order valence-corrected chi connectivity index (χ0v) is 11.7. The van der Waals surface area contributed by atoms with Crippen LogP contribution in [-0.4, -0.2) is 27.5 Å². The summed E-state index contributed by atoms with van der Waals surface area (Å²) >= 11 is 0. The maximum atomic E-state index is 13.2. The maximum absolute atomic E-state index is 13.2. The Balaban J connectivity index is 2.05. The van der Waals surface area contributed by atoms with Crippen molar-refractivity contribution < 1.29 is 22.4 Å². The summed E-state index contributed by atoms with van der Waals surface area (Å²) in [5.41, 5.74) is 1.35. The van der Waals surface area contributed by atoms with Gasteiger partial charge in [0.15, 0.2) is 0 Å². The van der Waals surface area contributed by atoms with Crippen LogP contribution in [0.25, 0.3) is 10.9 Å². The first-order valence-corrected chi connectivity index (χ1v) is 6.68. The zero-order chi connectivity index (χ0) is 16.4. The van der Waals surface area contributed by atoms with Gasteiger partial charge >= 0.3 is 12.5 Å². The van der Waals surface area contributed by atoms with E-state index in [1.807, 2.05) is 6.07 Å². The third-order valence-electron chi connectivity index (χ3n) is 3.22. The Kier molecular flexibility index (Phi) is 3.89. The standard InChI is InChI=1S/C15H11F4N3O/c16-14(17)15(18,19)23-22-13(8-10-4-2-1-3-5-10)11-9-20-7-6-12(11)21-22/h1-7,9,14H,8H2. The van der Waals surface area contributed by atoms with Gasteiger partial charge in [-0.25, -0.2) is 0 Å². The largest absolute Gasteiger partial charge is 0.480 e. The summed E-state index contributed by atoms with van der Waals surface area (Å²) in [6.45, 7) is 0. The van der Waals surface area contributed by atoms with E-state index in [2.05, 4.69) is 14.9 Å². The van der Waals surface area contributed by atoms with Gasteiger partial charge in [0.1, 0.15) is 0 Å². The molecule has 3 rings (SSSR count). The van der Waals surface area contributed by atoms with Crippen molar-refractivity contribution in [3.8, 4) is 0 Å². The second-order valence-corrected chi connectivity index (χ2v) is 4.83. The molecular weight excluding hydrogens is 314 g/mol. The van der Waals surface area contributed by atoms with E-state index in [1.165, 1.54) is 18.5 Å². The predicted molar refractivity (Wildman–Crippen MR) is 74.3 cm³/mol. The molecule has 0 N–H and O–H groups in total. The number of fused-ring (bicyclic) bond motifs is 1. The summed E-state index contributed by atoms with van der Waals surface area (Å²) in [5.74, 6) is 0. The first kappa shape index (κ1) is 15.3. The number of benzene rings is 1. The number of pyridine rings is 1. The van der Waals surface area contributed by atoms with Crippen LogP contribution in [0.3, 0.4) is 0 Å². The number of aromatic nitrogens is 3. The van der Waals surface area contributed by atoms with E-state index in [0.29, 0.717) is 15.7 Å². The van der Waals surface area contributed by atoms with Crippen LogP contribution in [0.15, 0.2) is 48.8 Å². The minimum atomic E-state index is -4.64. The highest BCUT2D eigenvalue weighted by Gasteiger charge is 2.45. The van der Waals surface area contributed by atoms with Crippen molar-refractivity contribution in [2.45, 2.75) is 19.0 Å². The van der Waals surface area contributed by atoms with Crippen LogP contribution in [0, 0.1) is 0 Å². The molecule has 0 amide bonds. The van der Waals surface area contributed by atoms with Gasteiger partial charge in [-0.15, -0.1) is 5.10 Å². The van der Waals surface area contributed by atoms with E-state index in [0.717, 1.165) is 5.56 Å². The van der Waals surface area contributed by atoms with E-state index in [-0.39, 0.29) is 12.1 Å². The summed E-state index contributed by atoms with van der Waals surface area (Å²) < 4.78 is 51.2. The number of hydrogen-bond donors (Lipinski definition) is 0. The normalized spacial score (nSPS) is 12.0. The van der Waals surface area contributed by atoms with Gasteiger partial charge in [0.05, 0.1) is 11.2 Å². The Morgan fingerprint density at radius 3 is 2.57 bits per heavy atom. The second-order valence-electron chi connectivity index (χ2n) is 4.83. The molecule has 0 radical (unpaired) electrons. The molecular formula is C15H11F4N3O. The minimum Gasteiger partial charge on any atom is -0.318 e. The number of rotatable bonds is 5. The first-order chi connectivity index (χ1) is 11.0. The maximum Gasteiger partial charge on any atom is 0.480 e. The van der Waals surface area contributed by atoms with E-state index >= 15 is 0 Å². The molecule has 0 saturated heterocycles. The molecule has 0 bridgehead atoms. The molecule has 0 aliphatic rings. The topological polar surface area (TPSA) is 39.9 Å². The van der Waals surface area contributed by atoms with Gasteiger partial charge in [-0.05, 0) is 11.6 Å². The van der Waals surface area contributed by atoms with Gasteiger partial charge in [-0.3, -0.25) is 4.98 Å². The fraction of sp³-hybridized carbons (Fsp3) is 0.200. The highest BCUT2D eigenvalue weighted by atomic mass is 19.3. The summed E-state index contributed by atoms with van der Waals surface area (Å²) in [7, 11) is 0. The molecule has 120 valence electrons. The molecule has 0 spiro atoms. The Labute approximate surface area is 128 Å². The Morgan fingerprint density at radius 1 is 1.13 bits per heavy atom. The average molecular weight is 325 g/mol. The molecule has 0 atom stereocenters. The number of alkyl halides is 4. The van der Waals surface area contributed by atoms with Crippen LogP contribution in [0.2, 0.25) is 0 Å². The van der Waals surface area contributed by atoms with Crippen LogP contribution in [0.5, 0.6) is 0 Å². The van der Waals surface area contributed by atoms with Crippen molar-refractivity contribution in [3.05, 3.63) is 60.0 Å². The number of halogens is 4. The third kappa shape index (κ3) is 3.10. The average Bonchev–Trinajstić information content (AvgIpc) is 2.85. The summed E-state index contributed by atoms with van der Waals surface area (Å²) in [5, 5.41) is 4.28. The molecule has 8 heteroatoms. The number of nitrogens with zero attached hydrogens (tertiary/aromatic N) is 3. The van der Waals surface area contributed by atoms with Crippen LogP contribution >= 0.6 is 0 Å². The molecule has 23 heavy (non-hydrogen) atoms. The Morgan fingerprint density at radius 2 is 1.87 bits per heavy atom. The summed E-state index contributed by atoms with van der Waals surface area (Å²) in [6, 6.07) is 10.4. The van der Waals surface area contributed by atoms with Crippen molar-refractivity contribution in [2.24, 2.45) is 0 Å². The minimum absolute atomic E-state index is 0.183. The molecule has 1 aromatic carbocycles. The molecule has 0 fully saturated rings. The van der Waals surface area contributed by atoms with Crippen molar-refractivity contribution in [3.63, 3.8) is 0 Å².